The number of amides is 1. The molecule has 1 aliphatic heterocycles. The van der Waals surface area contributed by atoms with Crippen molar-refractivity contribution < 1.29 is 18.7 Å². The number of hydrogen-bond acceptors (Lipinski definition) is 4. The molecular weight excluding hydrogens is 359 g/mol. The highest BCUT2D eigenvalue weighted by Crippen LogP contribution is 2.19. The molecule has 0 aromatic heterocycles. The molecular formula is C22H27FN2O3. The van der Waals surface area contributed by atoms with E-state index in [1.807, 2.05) is 29.2 Å². The Balaban J connectivity index is 1.40. The molecule has 5 nitrogen and oxygen atoms in total. The van der Waals surface area contributed by atoms with Crippen molar-refractivity contribution in [3.63, 3.8) is 0 Å². The van der Waals surface area contributed by atoms with Gasteiger partial charge >= 0.3 is 0 Å². The van der Waals surface area contributed by atoms with Gasteiger partial charge in [0.25, 0.3) is 0 Å². The first-order valence-electron chi connectivity index (χ1n) is 9.71. The highest BCUT2D eigenvalue weighted by Gasteiger charge is 2.19. The Morgan fingerprint density at radius 3 is 2.39 bits per heavy atom. The number of benzene rings is 2. The monoisotopic (exact) mass is 386 g/mol. The first kappa shape index (κ1) is 20.0. The van der Waals surface area contributed by atoms with Crippen molar-refractivity contribution in [3.05, 3.63) is 54.3 Å². The molecule has 3 rings (SSSR count). The highest BCUT2D eigenvalue weighted by molar-refractivity contribution is 5.76. The van der Waals surface area contributed by atoms with Crippen LogP contribution in [0.25, 0.3) is 0 Å². The molecule has 0 unspecified atom stereocenters. The number of anilines is 1. The summed E-state index contributed by atoms with van der Waals surface area (Å²) < 4.78 is 23.9. The Bertz CT molecular complexity index is 749. The van der Waals surface area contributed by atoms with Crippen molar-refractivity contribution in [3.8, 4) is 11.5 Å². The summed E-state index contributed by atoms with van der Waals surface area (Å²) in [6, 6.07) is 14.0. The average Bonchev–Trinajstić information content (AvgIpc) is 2.98. The summed E-state index contributed by atoms with van der Waals surface area (Å²) in [6.45, 7) is 3.59. The first-order chi connectivity index (χ1) is 13.7. The lowest BCUT2D eigenvalue weighted by Gasteiger charge is -2.23. The van der Waals surface area contributed by atoms with Gasteiger partial charge in [0.2, 0.25) is 5.91 Å². The minimum atomic E-state index is -0.229. The number of methoxy groups -OCH3 is 1. The van der Waals surface area contributed by atoms with Crippen LogP contribution in [-0.2, 0) is 4.79 Å². The van der Waals surface area contributed by atoms with E-state index < -0.39 is 0 Å². The second kappa shape index (κ2) is 9.97. The lowest BCUT2D eigenvalue weighted by Crippen LogP contribution is -2.35. The third-order valence-corrected chi connectivity index (χ3v) is 4.90. The Kier molecular flexibility index (Phi) is 7.12. The number of nitrogens with zero attached hydrogens (tertiary/aromatic N) is 2. The summed E-state index contributed by atoms with van der Waals surface area (Å²) in [4.78, 5) is 16.7. The zero-order valence-electron chi connectivity index (χ0n) is 16.3. The van der Waals surface area contributed by atoms with Crippen LogP contribution in [0.4, 0.5) is 10.1 Å². The summed E-state index contributed by atoms with van der Waals surface area (Å²) in [7, 11) is 1.63. The summed E-state index contributed by atoms with van der Waals surface area (Å²) in [5.41, 5.74) is 1.00. The largest absolute Gasteiger partial charge is 0.497 e. The van der Waals surface area contributed by atoms with Crippen molar-refractivity contribution >= 4 is 11.6 Å². The molecule has 6 heteroatoms. The molecule has 28 heavy (non-hydrogen) atoms. The van der Waals surface area contributed by atoms with E-state index in [1.54, 1.807) is 19.2 Å². The number of ether oxygens (including phenoxy) is 2. The predicted octanol–water partition coefficient (Wildman–Crippen LogP) is 3.73. The maximum Gasteiger partial charge on any atom is 0.222 e. The van der Waals surface area contributed by atoms with Crippen molar-refractivity contribution in [1.29, 1.82) is 0 Å². The van der Waals surface area contributed by atoms with Crippen LogP contribution in [0.15, 0.2) is 48.5 Å². The van der Waals surface area contributed by atoms with Gasteiger partial charge in [-0.2, -0.15) is 0 Å². The Labute approximate surface area is 165 Å². The van der Waals surface area contributed by atoms with Crippen molar-refractivity contribution in [2.75, 3.05) is 44.8 Å². The van der Waals surface area contributed by atoms with Crippen LogP contribution in [0.1, 0.15) is 19.3 Å². The van der Waals surface area contributed by atoms with Gasteiger partial charge in [-0.25, -0.2) is 4.39 Å². The van der Waals surface area contributed by atoms with Crippen LogP contribution in [0.3, 0.4) is 0 Å². The number of carbonyl (C=O) groups is 1. The second-order valence-electron chi connectivity index (χ2n) is 6.83. The van der Waals surface area contributed by atoms with E-state index in [0.717, 1.165) is 43.2 Å². The highest BCUT2D eigenvalue weighted by atomic mass is 19.1. The van der Waals surface area contributed by atoms with E-state index in [0.29, 0.717) is 26.0 Å². The van der Waals surface area contributed by atoms with Gasteiger partial charge in [0, 0.05) is 38.3 Å². The first-order valence-corrected chi connectivity index (χ1v) is 9.71. The second-order valence-corrected chi connectivity index (χ2v) is 6.83. The van der Waals surface area contributed by atoms with E-state index in [-0.39, 0.29) is 11.7 Å². The lowest BCUT2D eigenvalue weighted by atomic mass is 10.2. The SMILES string of the molecule is COc1ccc(OCCCC(=O)N2CCCN(c3ccc(F)cc3)CC2)cc1. The zero-order chi connectivity index (χ0) is 19.8. The van der Waals surface area contributed by atoms with Crippen molar-refractivity contribution in [2.45, 2.75) is 19.3 Å². The third kappa shape index (κ3) is 5.62. The van der Waals surface area contributed by atoms with Crippen LogP contribution in [0.2, 0.25) is 0 Å². The van der Waals surface area contributed by atoms with Crippen LogP contribution in [-0.4, -0.2) is 50.7 Å². The minimum absolute atomic E-state index is 0.166. The fourth-order valence-corrected chi connectivity index (χ4v) is 3.32. The molecule has 0 N–H and O–H groups in total. The third-order valence-electron chi connectivity index (χ3n) is 4.90. The Hall–Kier alpha value is -2.76. The molecule has 1 aliphatic rings. The molecule has 150 valence electrons. The maximum atomic E-state index is 13.1. The molecule has 0 aliphatic carbocycles. The van der Waals surface area contributed by atoms with Crippen molar-refractivity contribution in [1.82, 2.24) is 4.90 Å². The zero-order valence-corrected chi connectivity index (χ0v) is 16.3. The summed E-state index contributed by atoms with van der Waals surface area (Å²) in [6.07, 6.45) is 2.07. The van der Waals surface area contributed by atoms with Gasteiger partial charge in [0.05, 0.1) is 13.7 Å². The number of rotatable bonds is 7. The average molecular weight is 386 g/mol. The maximum absolute atomic E-state index is 13.1. The Morgan fingerprint density at radius 1 is 0.964 bits per heavy atom. The summed E-state index contributed by atoms with van der Waals surface area (Å²) in [5.74, 6) is 1.50. The summed E-state index contributed by atoms with van der Waals surface area (Å²) >= 11 is 0. The molecule has 1 heterocycles. The van der Waals surface area contributed by atoms with Crippen molar-refractivity contribution in [2.24, 2.45) is 0 Å². The fraction of sp³-hybridized carbons (Fsp3) is 0.409. The quantitative estimate of drug-likeness (QED) is 0.680. The van der Waals surface area contributed by atoms with Gasteiger partial charge in [-0.3, -0.25) is 4.79 Å². The molecule has 1 fully saturated rings. The van der Waals surface area contributed by atoms with E-state index in [9.17, 15) is 9.18 Å². The van der Waals surface area contributed by atoms with E-state index in [1.165, 1.54) is 12.1 Å². The van der Waals surface area contributed by atoms with E-state index >= 15 is 0 Å². The Morgan fingerprint density at radius 2 is 1.68 bits per heavy atom. The van der Waals surface area contributed by atoms with Gasteiger partial charge in [-0.05, 0) is 61.4 Å². The topological polar surface area (TPSA) is 42.0 Å². The van der Waals surface area contributed by atoms with Gasteiger partial charge in [0.15, 0.2) is 0 Å². The van der Waals surface area contributed by atoms with E-state index in [4.69, 9.17) is 9.47 Å². The van der Waals surface area contributed by atoms with Gasteiger partial charge in [-0.15, -0.1) is 0 Å². The summed E-state index contributed by atoms with van der Waals surface area (Å²) in [5, 5.41) is 0. The van der Waals surface area contributed by atoms with Gasteiger partial charge < -0.3 is 19.3 Å². The number of halogens is 1. The number of hydrogen-bond donors (Lipinski definition) is 0. The van der Waals surface area contributed by atoms with E-state index in [2.05, 4.69) is 4.90 Å². The predicted molar refractivity (Wildman–Crippen MR) is 108 cm³/mol. The normalized spacial score (nSPS) is 14.5. The molecule has 1 saturated heterocycles. The molecule has 0 radical (unpaired) electrons. The molecule has 0 saturated carbocycles. The fourth-order valence-electron chi connectivity index (χ4n) is 3.32. The van der Waals surface area contributed by atoms with Crippen LogP contribution < -0.4 is 14.4 Å². The van der Waals surface area contributed by atoms with Crippen LogP contribution >= 0.6 is 0 Å². The number of carbonyl (C=O) groups excluding carboxylic acids is 1. The standard InChI is InChI=1S/C22H27FN2O3/c1-27-20-9-11-21(12-10-20)28-17-2-4-22(26)25-14-3-13-24(15-16-25)19-7-5-18(23)6-8-19/h5-12H,2-4,13-17H2,1H3. The molecule has 0 bridgehead atoms. The molecule has 0 atom stereocenters. The molecule has 2 aromatic rings. The minimum Gasteiger partial charge on any atom is -0.497 e. The smallest absolute Gasteiger partial charge is 0.222 e. The van der Waals surface area contributed by atoms with Gasteiger partial charge in [0.1, 0.15) is 17.3 Å². The molecule has 1 amide bonds. The van der Waals surface area contributed by atoms with Gasteiger partial charge in [-0.1, -0.05) is 0 Å². The van der Waals surface area contributed by atoms with Crippen LogP contribution in [0.5, 0.6) is 11.5 Å². The lowest BCUT2D eigenvalue weighted by molar-refractivity contribution is -0.131. The molecule has 0 spiro atoms. The van der Waals surface area contributed by atoms with Crippen LogP contribution in [0, 0.1) is 5.82 Å². The molecule has 2 aromatic carbocycles.